The van der Waals surface area contributed by atoms with Crippen LogP contribution in [0.2, 0.25) is 0 Å². The Morgan fingerprint density at radius 1 is 1.23 bits per heavy atom. The number of benzene rings is 2. The van der Waals surface area contributed by atoms with E-state index in [1.807, 2.05) is 6.07 Å². The summed E-state index contributed by atoms with van der Waals surface area (Å²) in [6.45, 7) is 4.07. The van der Waals surface area contributed by atoms with Gasteiger partial charge in [0, 0.05) is 16.3 Å². The second-order valence-electron chi connectivity index (χ2n) is 5.60. The summed E-state index contributed by atoms with van der Waals surface area (Å²) in [7, 11) is 1.57. The number of methoxy groups -OCH3 is 1. The third-order valence-electron chi connectivity index (χ3n) is 3.96. The number of hydrogen-bond donors (Lipinski definition) is 0. The zero-order chi connectivity index (χ0) is 18.5. The Balaban J connectivity index is 2.30. The number of aromatic nitrogens is 1. The van der Waals surface area contributed by atoms with E-state index in [-0.39, 0.29) is 11.5 Å². The first-order valence-corrected chi connectivity index (χ1v) is 8.09. The van der Waals surface area contributed by atoms with E-state index in [0.29, 0.717) is 35.8 Å². The van der Waals surface area contributed by atoms with E-state index in [9.17, 15) is 9.65 Å². The molecule has 130 valence electrons. The molecule has 0 N–H and O–H groups in total. The van der Waals surface area contributed by atoms with E-state index in [0.717, 1.165) is 10.8 Å². The number of pyridine rings is 1. The number of nitrogens with zero attached hydrogens (tertiary/aromatic N) is 2. The van der Waals surface area contributed by atoms with Gasteiger partial charge in [0.05, 0.1) is 13.7 Å². The molecule has 2 aromatic carbocycles. The molecule has 4 nitrogen and oxygen atoms in total. The molecule has 0 spiro atoms. The van der Waals surface area contributed by atoms with Gasteiger partial charge in [0.25, 0.3) is 0 Å². The molecule has 0 atom stereocenters. The standard InChI is InChI=1S/C21H17FN2O2/c1-3-4-10-26-21-17-9-8-16(25-2)12-18(17)20(19(13-23)24-21)14-6-5-7-15(22)11-14/h3,5-9,11-12H,1,4,10H2,2H3. The lowest BCUT2D eigenvalue weighted by molar-refractivity contribution is 0.316. The van der Waals surface area contributed by atoms with Crippen molar-refractivity contribution in [3.63, 3.8) is 0 Å². The molecule has 1 heterocycles. The van der Waals surface area contributed by atoms with Crippen LogP contribution < -0.4 is 9.47 Å². The lowest BCUT2D eigenvalue weighted by Gasteiger charge is -2.14. The fourth-order valence-corrected chi connectivity index (χ4v) is 2.75. The molecular formula is C21H17FN2O2. The van der Waals surface area contributed by atoms with E-state index in [1.165, 1.54) is 12.1 Å². The largest absolute Gasteiger partial charge is 0.497 e. The fraction of sp³-hybridized carbons (Fsp3) is 0.143. The molecule has 5 heteroatoms. The third-order valence-corrected chi connectivity index (χ3v) is 3.96. The average molecular weight is 348 g/mol. The molecule has 0 aliphatic heterocycles. The van der Waals surface area contributed by atoms with E-state index < -0.39 is 0 Å². The quantitative estimate of drug-likeness (QED) is 0.471. The van der Waals surface area contributed by atoms with E-state index in [4.69, 9.17) is 9.47 Å². The van der Waals surface area contributed by atoms with Gasteiger partial charge in [-0.2, -0.15) is 5.26 Å². The highest BCUT2D eigenvalue weighted by Gasteiger charge is 2.17. The summed E-state index contributed by atoms with van der Waals surface area (Å²) in [6.07, 6.45) is 2.41. The molecule has 0 saturated heterocycles. The van der Waals surface area contributed by atoms with Crippen LogP contribution in [0.25, 0.3) is 21.9 Å². The summed E-state index contributed by atoms with van der Waals surface area (Å²) in [5.41, 5.74) is 1.30. The van der Waals surface area contributed by atoms with Gasteiger partial charge in [0.1, 0.15) is 17.6 Å². The molecule has 0 saturated carbocycles. The van der Waals surface area contributed by atoms with E-state index >= 15 is 0 Å². The number of fused-ring (bicyclic) bond motifs is 1. The van der Waals surface area contributed by atoms with Gasteiger partial charge in [-0.1, -0.05) is 18.2 Å². The van der Waals surface area contributed by atoms with Crippen LogP contribution in [0, 0.1) is 17.1 Å². The van der Waals surface area contributed by atoms with E-state index in [1.54, 1.807) is 37.5 Å². The minimum absolute atomic E-state index is 0.171. The van der Waals surface area contributed by atoms with Crippen LogP contribution in [0.1, 0.15) is 12.1 Å². The topological polar surface area (TPSA) is 55.1 Å². The lowest BCUT2D eigenvalue weighted by Crippen LogP contribution is -2.02. The smallest absolute Gasteiger partial charge is 0.222 e. The first-order valence-electron chi connectivity index (χ1n) is 8.09. The monoisotopic (exact) mass is 348 g/mol. The van der Waals surface area contributed by atoms with Crippen molar-refractivity contribution in [3.05, 3.63) is 66.6 Å². The van der Waals surface area contributed by atoms with Gasteiger partial charge in [-0.25, -0.2) is 9.37 Å². The lowest BCUT2D eigenvalue weighted by atomic mass is 9.97. The fourth-order valence-electron chi connectivity index (χ4n) is 2.75. The van der Waals surface area contributed by atoms with Crippen molar-refractivity contribution in [1.82, 2.24) is 4.98 Å². The van der Waals surface area contributed by atoms with Crippen molar-refractivity contribution in [1.29, 1.82) is 5.26 Å². The maximum absolute atomic E-state index is 13.8. The zero-order valence-corrected chi connectivity index (χ0v) is 14.3. The summed E-state index contributed by atoms with van der Waals surface area (Å²) in [4.78, 5) is 4.37. The first-order chi connectivity index (χ1) is 12.7. The summed E-state index contributed by atoms with van der Waals surface area (Å²) in [5, 5.41) is 11.1. The maximum atomic E-state index is 13.8. The highest BCUT2D eigenvalue weighted by molar-refractivity contribution is 6.01. The Morgan fingerprint density at radius 3 is 2.77 bits per heavy atom. The number of hydrogen-bond acceptors (Lipinski definition) is 4. The van der Waals surface area contributed by atoms with Crippen molar-refractivity contribution in [2.45, 2.75) is 6.42 Å². The van der Waals surface area contributed by atoms with Crippen LogP contribution in [-0.2, 0) is 0 Å². The van der Waals surface area contributed by atoms with Crippen molar-refractivity contribution >= 4 is 10.8 Å². The van der Waals surface area contributed by atoms with Gasteiger partial charge in [-0.15, -0.1) is 6.58 Å². The van der Waals surface area contributed by atoms with Gasteiger partial charge in [-0.3, -0.25) is 0 Å². The van der Waals surface area contributed by atoms with Gasteiger partial charge >= 0.3 is 0 Å². The molecule has 0 amide bonds. The molecule has 3 aromatic rings. The Morgan fingerprint density at radius 2 is 2.08 bits per heavy atom. The number of ether oxygens (including phenoxy) is 2. The molecule has 26 heavy (non-hydrogen) atoms. The Bertz CT molecular complexity index is 1010. The maximum Gasteiger partial charge on any atom is 0.222 e. The molecule has 1 aromatic heterocycles. The molecular weight excluding hydrogens is 331 g/mol. The Labute approximate surface area is 151 Å². The number of halogens is 1. The SMILES string of the molecule is C=CCCOc1nc(C#N)c(-c2cccc(F)c2)c2cc(OC)ccc12. The van der Waals surface area contributed by atoms with E-state index in [2.05, 4.69) is 17.6 Å². The van der Waals surface area contributed by atoms with Gasteiger partial charge in [-0.05, 0) is 42.3 Å². The number of rotatable bonds is 6. The molecule has 0 unspecified atom stereocenters. The van der Waals surface area contributed by atoms with Crippen molar-refractivity contribution in [3.8, 4) is 28.8 Å². The van der Waals surface area contributed by atoms with Crippen molar-refractivity contribution in [2.24, 2.45) is 0 Å². The Kier molecular flexibility index (Phi) is 5.14. The zero-order valence-electron chi connectivity index (χ0n) is 14.3. The highest BCUT2D eigenvalue weighted by Crippen LogP contribution is 2.37. The first kappa shape index (κ1) is 17.4. The summed E-state index contributed by atoms with van der Waals surface area (Å²) in [6, 6.07) is 13.6. The molecule has 0 bridgehead atoms. The normalized spacial score (nSPS) is 10.3. The average Bonchev–Trinajstić information content (AvgIpc) is 2.67. The van der Waals surface area contributed by atoms with Crippen LogP contribution in [0.4, 0.5) is 4.39 Å². The van der Waals surface area contributed by atoms with Gasteiger partial charge in [0.15, 0.2) is 5.69 Å². The minimum atomic E-state index is -0.381. The molecule has 0 aliphatic rings. The summed E-state index contributed by atoms with van der Waals surface area (Å²) < 4.78 is 24.8. The molecule has 0 aliphatic carbocycles. The second-order valence-corrected chi connectivity index (χ2v) is 5.60. The third kappa shape index (κ3) is 3.35. The highest BCUT2D eigenvalue weighted by atomic mass is 19.1. The predicted molar refractivity (Wildman–Crippen MR) is 98.7 cm³/mol. The van der Waals surface area contributed by atoms with Crippen LogP contribution in [0.15, 0.2) is 55.1 Å². The number of nitriles is 1. The molecule has 0 fully saturated rings. The van der Waals surface area contributed by atoms with Crippen LogP contribution in [0.3, 0.4) is 0 Å². The Hall–Kier alpha value is -3.39. The summed E-state index contributed by atoms with van der Waals surface area (Å²) in [5.74, 6) is 0.609. The summed E-state index contributed by atoms with van der Waals surface area (Å²) >= 11 is 0. The van der Waals surface area contributed by atoms with Crippen molar-refractivity contribution in [2.75, 3.05) is 13.7 Å². The molecule has 3 rings (SSSR count). The van der Waals surface area contributed by atoms with Crippen LogP contribution in [0.5, 0.6) is 11.6 Å². The van der Waals surface area contributed by atoms with Gasteiger partial charge < -0.3 is 9.47 Å². The molecule has 0 radical (unpaired) electrons. The van der Waals surface area contributed by atoms with Crippen LogP contribution in [-0.4, -0.2) is 18.7 Å². The second kappa shape index (κ2) is 7.66. The van der Waals surface area contributed by atoms with Gasteiger partial charge in [0.2, 0.25) is 5.88 Å². The minimum Gasteiger partial charge on any atom is -0.497 e. The predicted octanol–water partition coefficient (Wildman–Crippen LogP) is 4.88. The van der Waals surface area contributed by atoms with Crippen molar-refractivity contribution < 1.29 is 13.9 Å². The van der Waals surface area contributed by atoms with Crippen LogP contribution >= 0.6 is 0 Å².